The van der Waals surface area contributed by atoms with Gasteiger partial charge in [0.25, 0.3) is 0 Å². The van der Waals surface area contributed by atoms with E-state index in [9.17, 15) is 13.2 Å². The van der Waals surface area contributed by atoms with Crippen molar-refractivity contribution in [2.24, 2.45) is 0 Å². The Morgan fingerprint density at radius 1 is 1.20 bits per heavy atom. The normalized spacial score (nSPS) is 18.2. The SMILES string of the molecule is CC1CCCCN1c1ncnc(Nc2ccccc2C(F)(F)F)c1N. The van der Waals surface area contributed by atoms with Crippen molar-refractivity contribution in [3.8, 4) is 0 Å². The predicted octanol–water partition coefficient (Wildman–Crippen LogP) is 4.20. The van der Waals surface area contributed by atoms with Crippen molar-refractivity contribution in [2.45, 2.75) is 38.4 Å². The number of benzene rings is 1. The molecular formula is C17H20F3N5. The van der Waals surface area contributed by atoms with E-state index in [4.69, 9.17) is 5.73 Å². The first kappa shape index (κ1) is 17.3. The molecule has 0 aliphatic carbocycles. The number of nitrogens with zero attached hydrogens (tertiary/aromatic N) is 3. The summed E-state index contributed by atoms with van der Waals surface area (Å²) in [6.07, 6.45) is 0.0738. The number of para-hydroxylation sites is 1. The summed E-state index contributed by atoms with van der Waals surface area (Å²) in [6, 6.07) is 5.53. The van der Waals surface area contributed by atoms with Gasteiger partial charge in [0.2, 0.25) is 0 Å². The Balaban J connectivity index is 1.94. The largest absolute Gasteiger partial charge is 0.418 e. The van der Waals surface area contributed by atoms with Crippen molar-refractivity contribution in [1.82, 2.24) is 9.97 Å². The average Bonchev–Trinajstić information content (AvgIpc) is 2.57. The number of alkyl halides is 3. The molecule has 1 fully saturated rings. The van der Waals surface area contributed by atoms with E-state index >= 15 is 0 Å². The van der Waals surface area contributed by atoms with Gasteiger partial charge in [-0.1, -0.05) is 12.1 Å². The maximum Gasteiger partial charge on any atom is 0.418 e. The smallest absolute Gasteiger partial charge is 0.393 e. The van der Waals surface area contributed by atoms with E-state index in [1.165, 1.54) is 24.5 Å². The number of aromatic nitrogens is 2. The quantitative estimate of drug-likeness (QED) is 0.867. The van der Waals surface area contributed by atoms with Crippen molar-refractivity contribution in [2.75, 3.05) is 22.5 Å². The van der Waals surface area contributed by atoms with Crippen LogP contribution in [0.3, 0.4) is 0 Å². The summed E-state index contributed by atoms with van der Waals surface area (Å²) >= 11 is 0. The van der Waals surface area contributed by atoms with Crippen LogP contribution in [0, 0.1) is 0 Å². The molecule has 1 saturated heterocycles. The number of halogens is 3. The lowest BCUT2D eigenvalue weighted by molar-refractivity contribution is -0.136. The Bertz CT molecular complexity index is 747. The van der Waals surface area contributed by atoms with Crippen LogP contribution in [0.25, 0.3) is 0 Å². The molecule has 1 aliphatic heterocycles. The van der Waals surface area contributed by atoms with Gasteiger partial charge in [-0.15, -0.1) is 0 Å². The Hall–Kier alpha value is -2.51. The Labute approximate surface area is 144 Å². The van der Waals surface area contributed by atoms with E-state index in [0.29, 0.717) is 5.82 Å². The summed E-state index contributed by atoms with van der Waals surface area (Å²) in [5.74, 6) is 0.744. The summed E-state index contributed by atoms with van der Waals surface area (Å²) in [6.45, 7) is 2.91. The van der Waals surface area contributed by atoms with Crippen LogP contribution < -0.4 is 16.0 Å². The third-order valence-electron chi connectivity index (χ3n) is 4.42. The number of piperidine rings is 1. The molecule has 0 spiro atoms. The molecule has 1 unspecified atom stereocenters. The number of hydrogen-bond acceptors (Lipinski definition) is 5. The minimum absolute atomic E-state index is 0.0851. The highest BCUT2D eigenvalue weighted by molar-refractivity contribution is 5.79. The first-order chi connectivity index (χ1) is 11.9. The van der Waals surface area contributed by atoms with Crippen LogP contribution in [0.5, 0.6) is 0 Å². The van der Waals surface area contributed by atoms with E-state index in [1.807, 2.05) is 0 Å². The number of nitrogens with one attached hydrogen (secondary N) is 1. The lowest BCUT2D eigenvalue weighted by atomic mass is 10.0. The van der Waals surface area contributed by atoms with Crippen molar-refractivity contribution in [3.05, 3.63) is 36.2 Å². The number of anilines is 4. The zero-order valence-electron chi connectivity index (χ0n) is 13.8. The van der Waals surface area contributed by atoms with Gasteiger partial charge in [-0.25, -0.2) is 9.97 Å². The summed E-state index contributed by atoms with van der Waals surface area (Å²) < 4.78 is 39.5. The first-order valence-corrected chi connectivity index (χ1v) is 8.18. The van der Waals surface area contributed by atoms with Crippen LogP contribution in [-0.2, 0) is 6.18 Å². The van der Waals surface area contributed by atoms with Crippen LogP contribution in [-0.4, -0.2) is 22.6 Å². The average molecular weight is 351 g/mol. The van der Waals surface area contributed by atoms with Crippen molar-refractivity contribution in [1.29, 1.82) is 0 Å². The topological polar surface area (TPSA) is 67.1 Å². The van der Waals surface area contributed by atoms with E-state index < -0.39 is 11.7 Å². The summed E-state index contributed by atoms with van der Waals surface area (Å²) in [4.78, 5) is 10.4. The highest BCUT2D eigenvalue weighted by atomic mass is 19.4. The fourth-order valence-corrected chi connectivity index (χ4v) is 3.09. The second-order valence-corrected chi connectivity index (χ2v) is 6.17. The van der Waals surface area contributed by atoms with Gasteiger partial charge in [-0.2, -0.15) is 13.2 Å². The zero-order valence-corrected chi connectivity index (χ0v) is 13.8. The van der Waals surface area contributed by atoms with Crippen LogP contribution in [0.4, 0.5) is 36.2 Å². The van der Waals surface area contributed by atoms with E-state index in [1.54, 1.807) is 0 Å². The van der Waals surface area contributed by atoms with Crippen LogP contribution >= 0.6 is 0 Å². The van der Waals surface area contributed by atoms with Gasteiger partial charge in [0.1, 0.15) is 12.0 Å². The molecule has 2 aromatic rings. The molecule has 25 heavy (non-hydrogen) atoms. The zero-order chi connectivity index (χ0) is 18.0. The number of hydrogen-bond donors (Lipinski definition) is 2. The molecular weight excluding hydrogens is 331 g/mol. The fraction of sp³-hybridized carbons (Fsp3) is 0.412. The van der Waals surface area contributed by atoms with Gasteiger partial charge in [0, 0.05) is 12.6 Å². The molecule has 1 aromatic heterocycles. The lowest BCUT2D eigenvalue weighted by Gasteiger charge is -2.35. The maximum atomic E-state index is 13.2. The Kier molecular flexibility index (Phi) is 4.69. The molecule has 134 valence electrons. The predicted molar refractivity (Wildman–Crippen MR) is 91.8 cm³/mol. The molecule has 8 heteroatoms. The Morgan fingerprint density at radius 3 is 2.68 bits per heavy atom. The maximum absolute atomic E-state index is 13.2. The number of nitrogen functional groups attached to an aromatic ring is 1. The highest BCUT2D eigenvalue weighted by Crippen LogP contribution is 2.37. The molecule has 3 N–H and O–H groups in total. The molecule has 0 bridgehead atoms. The lowest BCUT2D eigenvalue weighted by Crippen LogP contribution is -2.38. The van der Waals surface area contributed by atoms with Gasteiger partial charge in [-0.3, -0.25) is 0 Å². The third kappa shape index (κ3) is 3.62. The molecule has 0 radical (unpaired) electrons. The van der Waals surface area contributed by atoms with Crippen LogP contribution in [0.15, 0.2) is 30.6 Å². The monoisotopic (exact) mass is 351 g/mol. The molecule has 5 nitrogen and oxygen atoms in total. The van der Waals surface area contributed by atoms with Crippen LogP contribution in [0.1, 0.15) is 31.7 Å². The van der Waals surface area contributed by atoms with E-state index in [-0.39, 0.29) is 23.2 Å². The van der Waals surface area contributed by atoms with Crippen molar-refractivity contribution < 1.29 is 13.2 Å². The molecule has 3 rings (SSSR count). The first-order valence-electron chi connectivity index (χ1n) is 8.18. The van der Waals surface area contributed by atoms with Crippen molar-refractivity contribution in [3.63, 3.8) is 0 Å². The molecule has 0 amide bonds. The third-order valence-corrected chi connectivity index (χ3v) is 4.42. The second kappa shape index (κ2) is 6.78. The fourth-order valence-electron chi connectivity index (χ4n) is 3.09. The van der Waals surface area contributed by atoms with Gasteiger partial charge in [-0.05, 0) is 38.3 Å². The van der Waals surface area contributed by atoms with Gasteiger partial charge < -0.3 is 16.0 Å². The number of rotatable bonds is 3. The van der Waals surface area contributed by atoms with Gasteiger partial charge >= 0.3 is 6.18 Å². The second-order valence-electron chi connectivity index (χ2n) is 6.17. The van der Waals surface area contributed by atoms with Crippen LogP contribution in [0.2, 0.25) is 0 Å². The molecule has 0 saturated carbocycles. The minimum atomic E-state index is -4.46. The summed E-state index contributed by atoms with van der Waals surface area (Å²) in [5.41, 5.74) is 5.58. The standard InChI is InChI=1S/C17H20F3N5/c1-11-6-4-5-9-25(11)16-14(21)15(22-10-23-16)24-13-8-3-2-7-12(13)17(18,19)20/h2-3,7-8,10-11H,4-6,9,21H2,1H3,(H,22,23,24). The molecule has 1 aromatic carbocycles. The van der Waals surface area contributed by atoms with E-state index in [2.05, 4.69) is 27.1 Å². The minimum Gasteiger partial charge on any atom is -0.393 e. The molecule has 2 heterocycles. The van der Waals surface area contributed by atoms with Crippen molar-refractivity contribution >= 4 is 23.0 Å². The summed E-state index contributed by atoms with van der Waals surface area (Å²) in [5, 5.41) is 2.72. The Morgan fingerprint density at radius 2 is 1.96 bits per heavy atom. The van der Waals surface area contributed by atoms with Gasteiger partial charge in [0.15, 0.2) is 11.6 Å². The number of nitrogens with two attached hydrogens (primary N) is 1. The molecule has 1 aliphatic rings. The van der Waals surface area contributed by atoms with E-state index in [0.717, 1.165) is 31.9 Å². The highest BCUT2D eigenvalue weighted by Gasteiger charge is 2.33. The molecule has 1 atom stereocenters. The van der Waals surface area contributed by atoms with Gasteiger partial charge in [0.05, 0.1) is 11.3 Å². The summed E-state index contributed by atoms with van der Waals surface area (Å²) in [7, 11) is 0.